The molecule has 0 aromatic heterocycles. The van der Waals surface area contributed by atoms with Gasteiger partial charge in [-0.05, 0) is 56.4 Å². The number of nitrogens with one attached hydrogen (secondary N) is 2. The van der Waals surface area contributed by atoms with Crippen molar-refractivity contribution in [2.24, 2.45) is 5.92 Å². The highest BCUT2D eigenvalue weighted by Crippen LogP contribution is 2.31. The molecule has 1 saturated carbocycles. The zero-order valence-electron chi connectivity index (χ0n) is 15.5. The summed E-state index contributed by atoms with van der Waals surface area (Å²) in [4.78, 5) is 24.6. The summed E-state index contributed by atoms with van der Waals surface area (Å²) in [6.45, 7) is 5.67. The maximum atomic E-state index is 12.5. The maximum Gasteiger partial charge on any atom is 0.233 e. The zero-order chi connectivity index (χ0) is 18.2. The number of carbonyl (C=O) groups excluding carboxylic acids is 2. The average molecular weight is 363 g/mol. The van der Waals surface area contributed by atoms with Crippen LogP contribution in [0.5, 0.6) is 0 Å². The molecule has 1 aromatic carbocycles. The molecule has 0 heterocycles. The highest BCUT2D eigenvalue weighted by Gasteiger charge is 2.29. The molecule has 1 aliphatic carbocycles. The molecule has 3 atom stereocenters. The van der Waals surface area contributed by atoms with Gasteiger partial charge in [0.05, 0.1) is 5.25 Å². The molecule has 0 saturated heterocycles. The Morgan fingerprint density at radius 3 is 2.60 bits per heavy atom. The Balaban J connectivity index is 1.84. The first kappa shape index (κ1) is 19.8. The lowest BCUT2D eigenvalue weighted by molar-refractivity contribution is -0.121. The van der Waals surface area contributed by atoms with Crippen LogP contribution in [0, 0.1) is 5.92 Å². The van der Waals surface area contributed by atoms with Gasteiger partial charge >= 0.3 is 0 Å². The van der Waals surface area contributed by atoms with Crippen LogP contribution < -0.4 is 10.6 Å². The first-order valence-electron chi connectivity index (χ1n) is 9.34. The molecule has 5 heteroatoms. The van der Waals surface area contributed by atoms with Gasteiger partial charge in [-0.1, -0.05) is 26.2 Å². The summed E-state index contributed by atoms with van der Waals surface area (Å²) >= 11 is 1.56. The Morgan fingerprint density at radius 2 is 1.96 bits per heavy atom. The lowest BCUT2D eigenvalue weighted by Gasteiger charge is -2.22. The third-order valence-electron chi connectivity index (χ3n) is 4.77. The summed E-state index contributed by atoms with van der Waals surface area (Å²) in [6.07, 6.45) is 7.29. The monoisotopic (exact) mass is 362 g/mol. The average Bonchev–Trinajstić information content (AvgIpc) is 3.01. The Kier molecular flexibility index (Phi) is 7.82. The van der Waals surface area contributed by atoms with Crippen molar-refractivity contribution in [3.63, 3.8) is 0 Å². The van der Waals surface area contributed by atoms with Gasteiger partial charge in [-0.3, -0.25) is 9.59 Å². The summed E-state index contributed by atoms with van der Waals surface area (Å²) in [5.74, 6) is 0.699. The lowest BCUT2D eigenvalue weighted by atomic mass is 9.97. The highest BCUT2D eigenvalue weighted by molar-refractivity contribution is 8.00. The number of rotatable bonds is 8. The van der Waals surface area contributed by atoms with Crippen LogP contribution in [0.15, 0.2) is 29.2 Å². The fourth-order valence-corrected chi connectivity index (χ4v) is 4.29. The minimum absolute atomic E-state index is 0.0812. The molecule has 3 unspecified atom stereocenters. The SMILES string of the molecule is CCCCC1CCCC1NC(=O)C(C)Sc1ccc(NC(C)=O)cc1. The van der Waals surface area contributed by atoms with Crippen LogP contribution in [0.3, 0.4) is 0 Å². The molecule has 1 aliphatic rings. The molecule has 0 aliphatic heterocycles. The van der Waals surface area contributed by atoms with Gasteiger partial charge in [0.15, 0.2) is 0 Å². The van der Waals surface area contributed by atoms with E-state index in [1.165, 1.54) is 39.0 Å². The van der Waals surface area contributed by atoms with Crippen LogP contribution in [0.1, 0.15) is 59.3 Å². The number of amides is 2. The fourth-order valence-electron chi connectivity index (χ4n) is 3.42. The Bertz CT molecular complexity index is 574. The second kappa shape index (κ2) is 9.85. The van der Waals surface area contributed by atoms with E-state index in [1.54, 1.807) is 11.8 Å². The van der Waals surface area contributed by atoms with E-state index in [2.05, 4.69) is 17.6 Å². The minimum atomic E-state index is -0.126. The van der Waals surface area contributed by atoms with Crippen molar-refractivity contribution in [2.45, 2.75) is 75.5 Å². The number of thioether (sulfide) groups is 1. The van der Waals surface area contributed by atoms with Crippen molar-refractivity contribution in [1.29, 1.82) is 0 Å². The van der Waals surface area contributed by atoms with Gasteiger partial charge in [0.25, 0.3) is 0 Å². The van der Waals surface area contributed by atoms with Crippen LogP contribution in [0.2, 0.25) is 0 Å². The van der Waals surface area contributed by atoms with Crippen molar-refractivity contribution >= 4 is 29.3 Å². The quantitative estimate of drug-likeness (QED) is 0.665. The first-order chi connectivity index (χ1) is 12.0. The molecule has 2 rings (SSSR count). The number of carbonyl (C=O) groups is 2. The van der Waals surface area contributed by atoms with E-state index in [0.717, 1.165) is 17.0 Å². The summed E-state index contributed by atoms with van der Waals surface area (Å²) in [7, 11) is 0. The summed E-state index contributed by atoms with van der Waals surface area (Å²) in [5.41, 5.74) is 0.777. The number of unbranched alkanes of at least 4 members (excludes halogenated alkanes) is 1. The topological polar surface area (TPSA) is 58.2 Å². The molecule has 2 N–H and O–H groups in total. The van der Waals surface area contributed by atoms with E-state index in [4.69, 9.17) is 0 Å². The third kappa shape index (κ3) is 6.38. The molecule has 2 amide bonds. The molecule has 1 aromatic rings. The maximum absolute atomic E-state index is 12.5. The molecule has 0 bridgehead atoms. The third-order valence-corrected chi connectivity index (χ3v) is 5.88. The Labute approximate surface area is 155 Å². The van der Waals surface area contributed by atoms with E-state index >= 15 is 0 Å². The van der Waals surface area contributed by atoms with Gasteiger partial charge in [0.2, 0.25) is 11.8 Å². The van der Waals surface area contributed by atoms with Gasteiger partial charge in [0.1, 0.15) is 0 Å². The van der Waals surface area contributed by atoms with Crippen molar-refractivity contribution in [1.82, 2.24) is 5.32 Å². The predicted molar refractivity (Wildman–Crippen MR) is 105 cm³/mol. The van der Waals surface area contributed by atoms with E-state index < -0.39 is 0 Å². The van der Waals surface area contributed by atoms with E-state index in [9.17, 15) is 9.59 Å². The highest BCUT2D eigenvalue weighted by atomic mass is 32.2. The van der Waals surface area contributed by atoms with E-state index in [0.29, 0.717) is 12.0 Å². The number of hydrogen-bond donors (Lipinski definition) is 2. The minimum Gasteiger partial charge on any atom is -0.352 e. The Morgan fingerprint density at radius 1 is 1.24 bits per heavy atom. The molecule has 1 fully saturated rings. The Hall–Kier alpha value is -1.49. The number of hydrogen-bond acceptors (Lipinski definition) is 3. The van der Waals surface area contributed by atoms with Crippen LogP contribution in [-0.2, 0) is 9.59 Å². The van der Waals surface area contributed by atoms with Crippen LogP contribution in [-0.4, -0.2) is 23.1 Å². The molecular formula is C20H30N2O2S. The van der Waals surface area contributed by atoms with Crippen molar-refractivity contribution in [3.8, 4) is 0 Å². The molecule has 25 heavy (non-hydrogen) atoms. The van der Waals surface area contributed by atoms with Crippen LogP contribution >= 0.6 is 11.8 Å². The number of anilines is 1. The van der Waals surface area contributed by atoms with Crippen LogP contribution in [0.25, 0.3) is 0 Å². The molecule has 138 valence electrons. The predicted octanol–water partition coefficient (Wildman–Crippen LogP) is 4.60. The van der Waals surface area contributed by atoms with E-state index in [1.807, 2.05) is 31.2 Å². The van der Waals surface area contributed by atoms with Gasteiger partial charge in [-0.15, -0.1) is 11.8 Å². The van der Waals surface area contributed by atoms with E-state index in [-0.39, 0.29) is 17.1 Å². The molecule has 4 nitrogen and oxygen atoms in total. The normalized spacial score (nSPS) is 20.9. The van der Waals surface area contributed by atoms with Crippen molar-refractivity contribution < 1.29 is 9.59 Å². The summed E-state index contributed by atoms with van der Waals surface area (Å²) in [6, 6.07) is 7.97. The van der Waals surface area contributed by atoms with Gasteiger partial charge < -0.3 is 10.6 Å². The van der Waals surface area contributed by atoms with Gasteiger partial charge in [-0.25, -0.2) is 0 Å². The van der Waals surface area contributed by atoms with Crippen molar-refractivity contribution in [3.05, 3.63) is 24.3 Å². The fraction of sp³-hybridized carbons (Fsp3) is 0.600. The molecular weight excluding hydrogens is 332 g/mol. The second-order valence-electron chi connectivity index (χ2n) is 6.91. The smallest absolute Gasteiger partial charge is 0.233 e. The lowest BCUT2D eigenvalue weighted by Crippen LogP contribution is -2.41. The second-order valence-corrected chi connectivity index (χ2v) is 8.33. The van der Waals surface area contributed by atoms with Gasteiger partial charge in [-0.2, -0.15) is 0 Å². The zero-order valence-corrected chi connectivity index (χ0v) is 16.3. The summed E-state index contributed by atoms with van der Waals surface area (Å²) < 4.78 is 0. The van der Waals surface area contributed by atoms with Crippen molar-refractivity contribution in [2.75, 3.05) is 5.32 Å². The van der Waals surface area contributed by atoms with Gasteiger partial charge in [0, 0.05) is 23.5 Å². The molecule has 0 spiro atoms. The number of benzene rings is 1. The standard InChI is InChI=1S/C20H30N2O2S/c1-4-5-7-16-8-6-9-19(16)22-20(24)14(2)25-18-12-10-17(11-13-18)21-15(3)23/h10-14,16,19H,4-9H2,1-3H3,(H,21,23)(H,22,24). The largest absolute Gasteiger partial charge is 0.352 e. The molecule has 0 radical (unpaired) electrons. The summed E-state index contributed by atoms with van der Waals surface area (Å²) in [5, 5.41) is 5.90. The first-order valence-corrected chi connectivity index (χ1v) is 10.2. The van der Waals surface area contributed by atoms with Crippen LogP contribution in [0.4, 0.5) is 5.69 Å².